The van der Waals surface area contributed by atoms with Crippen LogP contribution in [0.25, 0.3) is 0 Å². The quantitative estimate of drug-likeness (QED) is 0.792. The summed E-state index contributed by atoms with van der Waals surface area (Å²) in [5.41, 5.74) is 1.29. The Morgan fingerprint density at radius 2 is 2.04 bits per heavy atom. The number of aromatic nitrogens is 2. The molecule has 1 atom stereocenters. The number of rotatable bonds is 6. The number of carbonyl (C=O) groups excluding carboxylic acids is 1. The third-order valence-electron chi connectivity index (χ3n) is 4.03. The summed E-state index contributed by atoms with van der Waals surface area (Å²) in [7, 11) is -2.06. The Hall–Kier alpha value is -1.90. The van der Waals surface area contributed by atoms with E-state index < -0.39 is 10.0 Å². The number of carbonyl (C=O) groups is 1. The van der Waals surface area contributed by atoms with Gasteiger partial charge in [0.25, 0.3) is 5.91 Å². The molecule has 1 amide bonds. The minimum Gasteiger partial charge on any atom is -0.351 e. The Balaban J connectivity index is 2.14. The molecule has 0 aliphatic rings. The SMILES string of the molecule is CC(C)C(CNC(=O)c1ccc(S(N)(=O)=O)c(Cl)c1)c1ccnn1C. The maximum absolute atomic E-state index is 12.4. The second-order valence-electron chi connectivity index (χ2n) is 6.13. The van der Waals surface area contributed by atoms with E-state index in [1.165, 1.54) is 18.2 Å². The lowest BCUT2D eigenvalue weighted by molar-refractivity contribution is 0.0948. The van der Waals surface area contributed by atoms with Gasteiger partial charge in [0, 0.05) is 37.0 Å². The summed E-state index contributed by atoms with van der Waals surface area (Å²) in [5, 5.41) is 12.0. The molecule has 0 aliphatic heterocycles. The first-order valence-corrected chi connectivity index (χ1v) is 9.62. The Labute approximate surface area is 152 Å². The number of aryl methyl sites for hydroxylation is 1. The predicted octanol–water partition coefficient (Wildman–Crippen LogP) is 1.89. The normalized spacial score (nSPS) is 13.0. The smallest absolute Gasteiger partial charge is 0.251 e. The molecule has 0 radical (unpaired) electrons. The van der Waals surface area contributed by atoms with Gasteiger partial charge in [0.2, 0.25) is 10.0 Å². The molecule has 1 aromatic carbocycles. The maximum atomic E-state index is 12.4. The van der Waals surface area contributed by atoms with Crippen molar-refractivity contribution >= 4 is 27.5 Å². The van der Waals surface area contributed by atoms with Crippen LogP contribution in [-0.4, -0.2) is 30.7 Å². The van der Waals surface area contributed by atoms with E-state index in [0.29, 0.717) is 12.5 Å². The summed E-state index contributed by atoms with van der Waals surface area (Å²) in [5.74, 6) is 0.0512. The summed E-state index contributed by atoms with van der Waals surface area (Å²) >= 11 is 5.92. The zero-order valence-electron chi connectivity index (χ0n) is 14.2. The molecule has 0 spiro atoms. The minimum atomic E-state index is -3.92. The monoisotopic (exact) mass is 384 g/mol. The lowest BCUT2D eigenvalue weighted by Gasteiger charge is -2.21. The van der Waals surface area contributed by atoms with E-state index in [-0.39, 0.29) is 27.3 Å². The number of nitrogens with one attached hydrogen (secondary N) is 1. The topological polar surface area (TPSA) is 107 Å². The van der Waals surface area contributed by atoms with Gasteiger partial charge in [-0.2, -0.15) is 5.10 Å². The average Bonchev–Trinajstić information content (AvgIpc) is 2.91. The molecule has 9 heteroatoms. The number of primary sulfonamides is 1. The van der Waals surface area contributed by atoms with E-state index >= 15 is 0 Å². The molecule has 136 valence electrons. The van der Waals surface area contributed by atoms with Crippen molar-refractivity contribution < 1.29 is 13.2 Å². The lowest BCUT2D eigenvalue weighted by atomic mass is 9.92. The minimum absolute atomic E-state index is 0.0813. The maximum Gasteiger partial charge on any atom is 0.251 e. The van der Waals surface area contributed by atoms with Crippen molar-refractivity contribution in [3.63, 3.8) is 0 Å². The van der Waals surface area contributed by atoms with Crippen molar-refractivity contribution in [2.45, 2.75) is 24.7 Å². The van der Waals surface area contributed by atoms with Gasteiger partial charge in [-0.1, -0.05) is 25.4 Å². The van der Waals surface area contributed by atoms with Crippen LogP contribution in [0.15, 0.2) is 35.4 Å². The first-order chi connectivity index (χ1) is 11.6. The van der Waals surface area contributed by atoms with Gasteiger partial charge < -0.3 is 5.32 Å². The number of nitrogens with two attached hydrogens (primary N) is 1. The first-order valence-electron chi connectivity index (χ1n) is 7.69. The molecule has 7 nitrogen and oxygen atoms in total. The molecule has 25 heavy (non-hydrogen) atoms. The number of hydrogen-bond acceptors (Lipinski definition) is 4. The summed E-state index contributed by atoms with van der Waals surface area (Å²) in [6.07, 6.45) is 1.72. The standard InChI is InChI=1S/C16H21ClN4O3S/c1-10(2)12(14-6-7-20-21(14)3)9-19-16(22)11-4-5-15(13(17)8-11)25(18,23)24/h4-8,10,12H,9H2,1-3H3,(H,19,22)(H2,18,23,24). The third kappa shape index (κ3) is 4.59. The highest BCUT2D eigenvalue weighted by Crippen LogP contribution is 2.24. The number of benzene rings is 1. The Kier molecular flexibility index (Phi) is 5.87. The number of hydrogen-bond donors (Lipinski definition) is 2. The van der Waals surface area contributed by atoms with Crippen LogP contribution in [0.5, 0.6) is 0 Å². The largest absolute Gasteiger partial charge is 0.351 e. The van der Waals surface area contributed by atoms with Gasteiger partial charge in [-0.25, -0.2) is 13.6 Å². The summed E-state index contributed by atoms with van der Waals surface area (Å²) in [6, 6.07) is 5.84. The van der Waals surface area contributed by atoms with E-state index in [1.54, 1.807) is 10.9 Å². The van der Waals surface area contributed by atoms with Gasteiger partial charge in [0.05, 0.1) is 5.02 Å². The van der Waals surface area contributed by atoms with Gasteiger partial charge in [-0.3, -0.25) is 9.48 Å². The van der Waals surface area contributed by atoms with Crippen LogP contribution in [0.2, 0.25) is 5.02 Å². The third-order valence-corrected chi connectivity index (χ3v) is 5.42. The zero-order chi connectivity index (χ0) is 18.8. The lowest BCUT2D eigenvalue weighted by Crippen LogP contribution is -2.31. The molecule has 2 aromatic rings. The highest BCUT2D eigenvalue weighted by atomic mass is 35.5. The fourth-order valence-corrected chi connectivity index (χ4v) is 3.70. The molecule has 1 unspecified atom stereocenters. The van der Waals surface area contributed by atoms with Crippen molar-refractivity contribution in [3.8, 4) is 0 Å². The van der Waals surface area contributed by atoms with E-state index in [0.717, 1.165) is 5.69 Å². The Morgan fingerprint density at radius 1 is 1.36 bits per heavy atom. The first kappa shape index (κ1) is 19.4. The molecule has 2 rings (SSSR count). The molecule has 3 N–H and O–H groups in total. The molecule has 0 saturated heterocycles. The van der Waals surface area contributed by atoms with Crippen molar-refractivity contribution in [2.75, 3.05) is 6.54 Å². The molecule has 1 aromatic heterocycles. The number of sulfonamides is 1. The highest BCUT2D eigenvalue weighted by molar-refractivity contribution is 7.89. The van der Waals surface area contributed by atoms with Crippen LogP contribution in [-0.2, 0) is 17.1 Å². The van der Waals surface area contributed by atoms with Crippen LogP contribution in [0.1, 0.15) is 35.8 Å². The zero-order valence-corrected chi connectivity index (χ0v) is 15.8. The van der Waals surface area contributed by atoms with Gasteiger partial charge in [-0.15, -0.1) is 0 Å². The number of nitrogens with zero attached hydrogens (tertiary/aromatic N) is 2. The molecule has 0 saturated carbocycles. The highest BCUT2D eigenvalue weighted by Gasteiger charge is 2.21. The summed E-state index contributed by atoms with van der Waals surface area (Å²) < 4.78 is 24.5. The molecular weight excluding hydrogens is 364 g/mol. The van der Waals surface area contributed by atoms with Crippen LogP contribution < -0.4 is 10.5 Å². The van der Waals surface area contributed by atoms with E-state index in [9.17, 15) is 13.2 Å². The Bertz CT molecular complexity index is 877. The fraction of sp³-hybridized carbons (Fsp3) is 0.375. The van der Waals surface area contributed by atoms with Gasteiger partial charge in [-0.05, 0) is 30.2 Å². The predicted molar refractivity (Wildman–Crippen MR) is 95.9 cm³/mol. The van der Waals surface area contributed by atoms with Crippen molar-refractivity contribution in [1.29, 1.82) is 0 Å². The molecule has 0 fully saturated rings. The van der Waals surface area contributed by atoms with Crippen molar-refractivity contribution in [1.82, 2.24) is 15.1 Å². The fourth-order valence-electron chi connectivity index (χ4n) is 2.61. The van der Waals surface area contributed by atoms with E-state index in [4.69, 9.17) is 16.7 Å². The van der Waals surface area contributed by atoms with Crippen LogP contribution in [0.4, 0.5) is 0 Å². The number of halogens is 1. The van der Waals surface area contributed by atoms with Crippen LogP contribution in [0, 0.1) is 5.92 Å². The molecule has 0 bridgehead atoms. The van der Waals surface area contributed by atoms with E-state index in [2.05, 4.69) is 24.3 Å². The summed E-state index contributed by atoms with van der Waals surface area (Å²) in [6.45, 7) is 4.56. The second kappa shape index (κ2) is 7.55. The summed E-state index contributed by atoms with van der Waals surface area (Å²) in [4.78, 5) is 12.2. The number of amides is 1. The van der Waals surface area contributed by atoms with E-state index in [1.807, 2.05) is 13.1 Å². The molecule has 1 heterocycles. The Morgan fingerprint density at radius 3 is 2.52 bits per heavy atom. The van der Waals surface area contributed by atoms with Crippen molar-refractivity contribution in [3.05, 3.63) is 46.7 Å². The molecular formula is C16H21ClN4O3S. The van der Waals surface area contributed by atoms with Crippen LogP contribution in [0.3, 0.4) is 0 Å². The average molecular weight is 385 g/mol. The van der Waals surface area contributed by atoms with Gasteiger partial charge in [0.15, 0.2) is 0 Å². The molecule has 0 aliphatic carbocycles. The van der Waals surface area contributed by atoms with Crippen molar-refractivity contribution in [2.24, 2.45) is 18.1 Å². The van der Waals surface area contributed by atoms with Gasteiger partial charge >= 0.3 is 0 Å². The van der Waals surface area contributed by atoms with Gasteiger partial charge in [0.1, 0.15) is 4.90 Å². The second-order valence-corrected chi connectivity index (χ2v) is 8.07. The van der Waals surface area contributed by atoms with Crippen LogP contribution >= 0.6 is 11.6 Å².